The highest BCUT2D eigenvalue weighted by Gasteiger charge is 2.14. The molecule has 2 rings (SSSR count). The molecule has 0 atom stereocenters. The molecule has 0 aromatic heterocycles. The average Bonchev–Trinajstić information content (AvgIpc) is 2.21. The van der Waals surface area contributed by atoms with Gasteiger partial charge in [-0.05, 0) is 42.5 Å². The Morgan fingerprint density at radius 3 is 2.33 bits per heavy atom. The molecule has 0 bridgehead atoms. The van der Waals surface area contributed by atoms with Gasteiger partial charge in [0.2, 0.25) is 0 Å². The molecule has 2 radical (unpaired) electrons. The Kier molecular flexibility index (Phi) is 2.45. The van der Waals surface area contributed by atoms with Gasteiger partial charge < -0.3 is 0 Å². The van der Waals surface area contributed by atoms with Crippen LogP contribution < -0.4 is 0 Å². The predicted octanol–water partition coefficient (Wildman–Crippen LogP) is 3.33. The van der Waals surface area contributed by atoms with Gasteiger partial charge in [0, 0.05) is 0 Å². The highest BCUT2D eigenvalue weighted by atomic mass is 14.2. The second kappa shape index (κ2) is 3.75. The average molecular weight is 158 g/mol. The molecule has 0 nitrogen and oxygen atoms in total. The van der Waals surface area contributed by atoms with Gasteiger partial charge in [0.25, 0.3) is 0 Å². The van der Waals surface area contributed by atoms with E-state index in [1.54, 1.807) is 0 Å². The predicted molar refractivity (Wildman–Crippen MR) is 49.9 cm³/mol. The van der Waals surface area contributed by atoms with Gasteiger partial charge in [0.15, 0.2) is 0 Å². The minimum absolute atomic E-state index is 0.799. The van der Waals surface area contributed by atoms with Crippen molar-refractivity contribution in [3.63, 3.8) is 0 Å². The molecule has 1 aromatic rings. The molecule has 0 spiro atoms. The monoisotopic (exact) mass is 158 g/mol. The normalized spacial score (nSPS) is 19.3. The summed E-state index contributed by atoms with van der Waals surface area (Å²) >= 11 is 0. The van der Waals surface area contributed by atoms with Crippen LogP contribution in [-0.2, 0) is 0 Å². The molecule has 0 N–H and O–H groups in total. The van der Waals surface area contributed by atoms with Crippen LogP contribution >= 0.6 is 0 Å². The van der Waals surface area contributed by atoms with Crippen molar-refractivity contribution in [2.75, 3.05) is 0 Å². The lowest BCUT2D eigenvalue weighted by atomic mass is 9.84. The van der Waals surface area contributed by atoms with Crippen LogP contribution in [0.25, 0.3) is 0 Å². The summed E-state index contributed by atoms with van der Waals surface area (Å²) in [7, 11) is 0. The zero-order valence-electron chi connectivity index (χ0n) is 7.34. The fourth-order valence-electron chi connectivity index (χ4n) is 2.04. The van der Waals surface area contributed by atoms with Crippen LogP contribution in [0.15, 0.2) is 18.2 Å². The zero-order chi connectivity index (χ0) is 8.23. The van der Waals surface area contributed by atoms with Gasteiger partial charge in [-0.1, -0.05) is 31.4 Å². The summed E-state index contributed by atoms with van der Waals surface area (Å²) < 4.78 is 0. The summed E-state index contributed by atoms with van der Waals surface area (Å²) in [4.78, 5) is 0. The van der Waals surface area contributed by atoms with Gasteiger partial charge in [-0.15, -0.1) is 0 Å². The molecule has 0 heteroatoms. The molecule has 0 aliphatic heterocycles. The summed E-state index contributed by atoms with van der Waals surface area (Å²) in [6.07, 6.45) is 6.97. The van der Waals surface area contributed by atoms with Crippen molar-refractivity contribution in [2.45, 2.75) is 38.0 Å². The first-order valence-electron chi connectivity index (χ1n) is 4.84. The maximum absolute atomic E-state index is 3.10. The molecule has 12 heavy (non-hydrogen) atoms. The fourth-order valence-corrected chi connectivity index (χ4v) is 2.04. The number of hydrogen-bond acceptors (Lipinski definition) is 0. The number of rotatable bonds is 1. The Labute approximate surface area is 74.6 Å². The van der Waals surface area contributed by atoms with Gasteiger partial charge >= 0.3 is 0 Å². The summed E-state index contributed by atoms with van der Waals surface area (Å²) in [6.45, 7) is 0. The van der Waals surface area contributed by atoms with Crippen LogP contribution in [0.4, 0.5) is 0 Å². The van der Waals surface area contributed by atoms with E-state index in [1.165, 1.54) is 37.7 Å². The molecule has 62 valence electrons. The standard InChI is InChI=1S/C12H14/c1-3-7-11(8-4-1)12-9-5-2-6-10-12/h1,7-8,12H,2,5-6,9-10H2. The minimum atomic E-state index is 0.799. The lowest BCUT2D eigenvalue weighted by Crippen LogP contribution is -2.03. The van der Waals surface area contributed by atoms with Crippen LogP contribution in [0.1, 0.15) is 43.6 Å². The van der Waals surface area contributed by atoms with Crippen molar-refractivity contribution in [3.05, 3.63) is 35.9 Å². The van der Waals surface area contributed by atoms with Crippen molar-refractivity contribution >= 4 is 0 Å². The third kappa shape index (κ3) is 1.69. The molecule has 0 unspecified atom stereocenters. The Morgan fingerprint density at radius 1 is 1.00 bits per heavy atom. The Morgan fingerprint density at radius 2 is 1.67 bits per heavy atom. The van der Waals surface area contributed by atoms with Crippen molar-refractivity contribution in [3.8, 4) is 0 Å². The molecule has 1 fully saturated rings. The fraction of sp³-hybridized carbons (Fsp3) is 0.500. The molecule has 0 amide bonds. The van der Waals surface area contributed by atoms with Crippen LogP contribution in [0, 0.1) is 12.1 Å². The van der Waals surface area contributed by atoms with E-state index in [1.807, 2.05) is 6.07 Å². The molecule has 1 aliphatic rings. The van der Waals surface area contributed by atoms with Crippen molar-refractivity contribution in [1.29, 1.82) is 0 Å². The van der Waals surface area contributed by atoms with E-state index in [9.17, 15) is 0 Å². The van der Waals surface area contributed by atoms with Gasteiger partial charge in [-0.25, -0.2) is 0 Å². The van der Waals surface area contributed by atoms with E-state index in [-0.39, 0.29) is 0 Å². The third-order valence-electron chi connectivity index (χ3n) is 2.74. The number of benzene rings is 1. The molecule has 0 heterocycles. The van der Waals surface area contributed by atoms with E-state index in [2.05, 4.69) is 24.3 Å². The summed E-state index contributed by atoms with van der Waals surface area (Å²) in [5.74, 6) is 0.799. The van der Waals surface area contributed by atoms with Crippen LogP contribution in [0.3, 0.4) is 0 Å². The van der Waals surface area contributed by atoms with E-state index in [0.29, 0.717) is 0 Å². The molecule has 1 aromatic carbocycles. The molecule has 0 saturated heterocycles. The molecular weight excluding hydrogens is 144 g/mol. The smallest absolute Gasteiger partial charge is 0.0162 e. The summed E-state index contributed by atoms with van der Waals surface area (Å²) in [5, 5.41) is 0. The van der Waals surface area contributed by atoms with E-state index < -0.39 is 0 Å². The van der Waals surface area contributed by atoms with Crippen LogP contribution in [0.2, 0.25) is 0 Å². The maximum atomic E-state index is 3.10. The van der Waals surface area contributed by atoms with Gasteiger partial charge in [-0.2, -0.15) is 0 Å². The van der Waals surface area contributed by atoms with Gasteiger partial charge in [0.05, 0.1) is 0 Å². The zero-order valence-corrected chi connectivity index (χ0v) is 7.34. The molecular formula is C12H14. The van der Waals surface area contributed by atoms with E-state index >= 15 is 0 Å². The lowest BCUT2D eigenvalue weighted by molar-refractivity contribution is 0.443. The molecule has 1 saturated carbocycles. The first-order chi connectivity index (χ1) is 5.97. The van der Waals surface area contributed by atoms with E-state index in [4.69, 9.17) is 0 Å². The topological polar surface area (TPSA) is 0 Å². The Bertz CT molecular complexity index is 219. The maximum Gasteiger partial charge on any atom is -0.0162 e. The Balaban J connectivity index is 2.08. The second-order valence-corrected chi connectivity index (χ2v) is 3.60. The van der Waals surface area contributed by atoms with Crippen LogP contribution in [-0.4, -0.2) is 0 Å². The highest BCUT2D eigenvalue weighted by molar-refractivity contribution is 5.18. The van der Waals surface area contributed by atoms with Gasteiger partial charge in [-0.3, -0.25) is 0 Å². The van der Waals surface area contributed by atoms with Gasteiger partial charge in [0.1, 0.15) is 0 Å². The van der Waals surface area contributed by atoms with Crippen molar-refractivity contribution in [1.82, 2.24) is 0 Å². The largest absolute Gasteiger partial charge is 0.0533 e. The first kappa shape index (κ1) is 7.85. The lowest BCUT2D eigenvalue weighted by Gasteiger charge is -2.21. The highest BCUT2D eigenvalue weighted by Crippen LogP contribution is 2.31. The van der Waals surface area contributed by atoms with Crippen LogP contribution in [0.5, 0.6) is 0 Å². The Hall–Kier alpha value is -0.780. The minimum Gasteiger partial charge on any atom is -0.0533 e. The molecule has 1 aliphatic carbocycles. The van der Waals surface area contributed by atoms with Crippen molar-refractivity contribution < 1.29 is 0 Å². The number of hydrogen-bond donors (Lipinski definition) is 0. The third-order valence-corrected chi connectivity index (χ3v) is 2.74. The van der Waals surface area contributed by atoms with Crippen molar-refractivity contribution in [2.24, 2.45) is 0 Å². The van der Waals surface area contributed by atoms with E-state index in [0.717, 1.165) is 5.92 Å². The quantitative estimate of drug-likeness (QED) is 0.588. The SMILES string of the molecule is [c]1c[c]cc(C2CCCCC2)c1. The summed E-state index contributed by atoms with van der Waals surface area (Å²) in [6, 6.07) is 12.3. The summed E-state index contributed by atoms with van der Waals surface area (Å²) in [5.41, 5.74) is 1.44. The first-order valence-corrected chi connectivity index (χ1v) is 4.84. The second-order valence-electron chi connectivity index (χ2n) is 3.60.